The van der Waals surface area contributed by atoms with Crippen LogP contribution >= 0.6 is 0 Å². The predicted molar refractivity (Wildman–Crippen MR) is 114 cm³/mol. The molecule has 1 saturated carbocycles. The van der Waals surface area contributed by atoms with Crippen LogP contribution in [0.2, 0.25) is 0 Å². The van der Waals surface area contributed by atoms with Crippen molar-refractivity contribution in [2.24, 2.45) is 17.8 Å². The van der Waals surface area contributed by atoms with Gasteiger partial charge in [0.2, 0.25) is 0 Å². The summed E-state index contributed by atoms with van der Waals surface area (Å²) in [4.78, 5) is 84.0. The van der Waals surface area contributed by atoms with Crippen LogP contribution in [0.1, 0.15) is 48.0 Å². The highest BCUT2D eigenvalue weighted by atomic mass is 16.7. The summed E-state index contributed by atoms with van der Waals surface area (Å²) in [5.74, 6) is -9.37. The summed E-state index contributed by atoms with van der Waals surface area (Å²) in [6, 6.07) is -0.958. The predicted octanol–water partition coefficient (Wildman–Crippen LogP) is 0.0726. The minimum Gasteiger partial charge on any atom is -0.446 e. The van der Waals surface area contributed by atoms with E-state index >= 15 is 0 Å². The topological polar surface area (TPSA) is 196 Å². The Labute approximate surface area is 211 Å². The molecule has 1 saturated heterocycles. The first-order valence-electron chi connectivity index (χ1n) is 11.2. The second-order valence-corrected chi connectivity index (χ2v) is 8.42. The molecule has 5 unspecified atom stereocenters. The normalized spacial score (nSPS) is 24.4. The fraction of sp³-hybridized carbons (Fsp3) is 0.682. The molecule has 0 spiro atoms. The number of amides is 1. The van der Waals surface area contributed by atoms with Gasteiger partial charge in [-0.15, -0.1) is 0 Å². The molecule has 37 heavy (non-hydrogen) atoms. The van der Waals surface area contributed by atoms with E-state index in [0.717, 1.165) is 41.5 Å². The summed E-state index contributed by atoms with van der Waals surface area (Å²) < 4.78 is 36.8. The maximum Gasteiger partial charge on any atom is 0.407 e. The molecule has 15 nitrogen and oxygen atoms in total. The van der Waals surface area contributed by atoms with Crippen LogP contribution in [-0.2, 0) is 61.9 Å². The maximum atomic E-state index is 12.4. The number of ether oxygens (including phenoxy) is 7. The van der Waals surface area contributed by atoms with Gasteiger partial charge in [-0.1, -0.05) is 0 Å². The fourth-order valence-electron chi connectivity index (χ4n) is 4.56. The van der Waals surface area contributed by atoms with Crippen molar-refractivity contribution in [2.75, 3.05) is 0 Å². The summed E-state index contributed by atoms with van der Waals surface area (Å²) in [7, 11) is 0. The van der Waals surface area contributed by atoms with Gasteiger partial charge in [-0.25, -0.2) is 4.79 Å². The highest BCUT2D eigenvalue weighted by Crippen LogP contribution is 2.47. The molecule has 0 aromatic rings. The summed E-state index contributed by atoms with van der Waals surface area (Å²) >= 11 is 0. The van der Waals surface area contributed by atoms with Crippen LogP contribution in [0.4, 0.5) is 4.79 Å². The highest BCUT2D eigenvalue weighted by molar-refractivity contribution is 5.71. The van der Waals surface area contributed by atoms with Crippen LogP contribution in [0, 0.1) is 17.8 Å². The first-order chi connectivity index (χ1) is 17.2. The van der Waals surface area contributed by atoms with Crippen molar-refractivity contribution in [3.8, 4) is 0 Å². The zero-order valence-electron chi connectivity index (χ0n) is 21.0. The molecule has 2 aliphatic rings. The lowest BCUT2D eigenvalue weighted by molar-refractivity contribution is -0.275. The van der Waals surface area contributed by atoms with E-state index in [1.807, 2.05) is 0 Å². The Bertz CT molecular complexity index is 846. The van der Waals surface area contributed by atoms with Crippen molar-refractivity contribution in [1.29, 1.82) is 0 Å². The molecule has 1 heterocycles. The quantitative estimate of drug-likeness (QED) is 0.238. The monoisotopic (exact) mass is 531 g/mol. The molecule has 1 N–H and O–H groups in total. The summed E-state index contributed by atoms with van der Waals surface area (Å²) in [5.41, 5.74) is 0. The lowest BCUT2D eigenvalue weighted by Gasteiger charge is -2.52. The summed E-state index contributed by atoms with van der Waals surface area (Å²) in [6.07, 6.45) is -7.36. The van der Waals surface area contributed by atoms with Crippen LogP contribution < -0.4 is 5.32 Å². The molecule has 0 aromatic heterocycles. The van der Waals surface area contributed by atoms with Gasteiger partial charge in [0, 0.05) is 54.0 Å². The van der Waals surface area contributed by atoms with Gasteiger partial charge in [-0.3, -0.25) is 28.8 Å². The standard InChI is InChI=1S/C22H29NO14/c1-8(24)31-19(32-9(2)25)16-14-7-15(37-22(30)23-14)17(20(33-10(3)26)34-11(4)27)18(16)21(35-12(5)28)36-13(6)29/h14-21H,7H2,1-6H3,(H,23,30). The summed E-state index contributed by atoms with van der Waals surface area (Å²) in [6.45, 7) is 6.17. The molecule has 2 fully saturated rings. The van der Waals surface area contributed by atoms with Crippen LogP contribution in [-0.4, -0.2) is 72.9 Å². The Morgan fingerprint density at radius 1 is 0.622 bits per heavy atom. The van der Waals surface area contributed by atoms with Gasteiger partial charge in [-0.2, -0.15) is 0 Å². The van der Waals surface area contributed by atoms with Gasteiger partial charge in [0.25, 0.3) is 18.9 Å². The van der Waals surface area contributed by atoms with E-state index in [4.69, 9.17) is 33.2 Å². The van der Waals surface area contributed by atoms with Gasteiger partial charge in [0.1, 0.15) is 6.10 Å². The first-order valence-corrected chi connectivity index (χ1v) is 11.2. The van der Waals surface area contributed by atoms with Gasteiger partial charge < -0.3 is 38.5 Å². The van der Waals surface area contributed by atoms with Crippen molar-refractivity contribution in [2.45, 2.75) is 79.0 Å². The van der Waals surface area contributed by atoms with Crippen LogP contribution in [0.3, 0.4) is 0 Å². The first kappa shape index (κ1) is 29.3. The Kier molecular flexibility index (Phi) is 9.80. The molecular weight excluding hydrogens is 502 g/mol. The number of carbonyl (C=O) groups is 7. The van der Waals surface area contributed by atoms with E-state index in [-0.39, 0.29) is 6.42 Å². The molecule has 206 valence electrons. The third-order valence-corrected chi connectivity index (χ3v) is 5.47. The molecule has 5 atom stereocenters. The minimum absolute atomic E-state index is 0.0392. The second kappa shape index (κ2) is 12.4. The molecular formula is C22H29NO14. The average molecular weight is 531 g/mol. The molecule has 1 aliphatic heterocycles. The molecule has 0 radical (unpaired) electrons. The van der Waals surface area contributed by atoms with Crippen molar-refractivity contribution >= 4 is 41.9 Å². The second-order valence-electron chi connectivity index (χ2n) is 8.42. The number of fused-ring (bicyclic) bond motifs is 2. The van der Waals surface area contributed by atoms with Crippen LogP contribution in [0.25, 0.3) is 0 Å². The third-order valence-electron chi connectivity index (χ3n) is 5.47. The van der Waals surface area contributed by atoms with E-state index in [0.29, 0.717) is 0 Å². The number of nitrogens with one attached hydrogen (secondary N) is 1. The number of rotatable bonds is 9. The van der Waals surface area contributed by atoms with E-state index < -0.39 is 90.7 Å². The smallest absolute Gasteiger partial charge is 0.407 e. The van der Waals surface area contributed by atoms with E-state index in [1.165, 1.54) is 0 Å². The van der Waals surface area contributed by atoms with Gasteiger partial charge in [0.05, 0.1) is 17.8 Å². The van der Waals surface area contributed by atoms with Crippen LogP contribution in [0.5, 0.6) is 0 Å². The average Bonchev–Trinajstić information content (AvgIpc) is 2.69. The largest absolute Gasteiger partial charge is 0.446 e. The molecule has 15 heteroatoms. The Morgan fingerprint density at radius 3 is 1.30 bits per heavy atom. The van der Waals surface area contributed by atoms with Crippen molar-refractivity contribution in [3.63, 3.8) is 0 Å². The number of hydrogen-bond donors (Lipinski definition) is 1. The molecule has 1 aliphatic carbocycles. The number of carbonyl (C=O) groups excluding carboxylic acids is 7. The number of esters is 6. The van der Waals surface area contributed by atoms with Crippen LogP contribution in [0.15, 0.2) is 0 Å². The van der Waals surface area contributed by atoms with Gasteiger partial charge in [-0.05, 0) is 0 Å². The third kappa shape index (κ3) is 8.05. The lowest BCUT2D eigenvalue weighted by atomic mass is 9.66. The van der Waals surface area contributed by atoms with E-state index in [9.17, 15) is 33.6 Å². The van der Waals surface area contributed by atoms with Crippen molar-refractivity contribution in [1.82, 2.24) is 5.32 Å². The van der Waals surface area contributed by atoms with E-state index in [1.54, 1.807) is 0 Å². The Hall–Kier alpha value is -3.91. The van der Waals surface area contributed by atoms with Gasteiger partial charge >= 0.3 is 41.9 Å². The summed E-state index contributed by atoms with van der Waals surface area (Å²) in [5, 5.41) is 2.52. The zero-order chi connectivity index (χ0) is 28.0. The SMILES string of the molecule is CC(=O)OC(OC(C)=O)C1C2CC(OC(=O)N2)C(C(OC(C)=O)OC(C)=O)C1C(OC(C)=O)OC(C)=O. The fourth-order valence-corrected chi connectivity index (χ4v) is 4.56. The molecule has 2 rings (SSSR count). The number of hydrogen-bond acceptors (Lipinski definition) is 14. The van der Waals surface area contributed by atoms with E-state index in [2.05, 4.69) is 5.32 Å². The maximum absolute atomic E-state index is 12.4. The molecule has 2 bridgehead atoms. The molecule has 0 aromatic carbocycles. The van der Waals surface area contributed by atoms with Crippen molar-refractivity contribution in [3.05, 3.63) is 0 Å². The Morgan fingerprint density at radius 2 is 0.946 bits per heavy atom. The Balaban J connectivity index is 2.79. The molecule has 1 amide bonds. The number of alkyl carbamates (subject to hydrolysis) is 1. The van der Waals surface area contributed by atoms with Gasteiger partial charge in [0.15, 0.2) is 0 Å². The highest BCUT2D eigenvalue weighted by Gasteiger charge is 2.61. The lowest BCUT2D eigenvalue weighted by Crippen LogP contribution is -2.67. The van der Waals surface area contributed by atoms with Crippen molar-refractivity contribution < 1.29 is 66.7 Å². The zero-order valence-corrected chi connectivity index (χ0v) is 21.0. The minimum atomic E-state index is -1.78.